The van der Waals surface area contributed by atoms with Crippen molar-refractivity contribution in [2.24, 2.45) is 0 Å². The third-order valence-corrected chi connectivity index (χ3v) is 5.30. The maximum atomic E-state index is 12.4. The van der Waals surface area contributed by atoms with Crippen molar-refractivity contribution >= 4 is 23.2 Å². The van der Waals surface area contributed by atoms with Gasteiger partial charge in [0.2, 0.25) is 0 Å². The molecule has 3 rings (SSSR count). The van der Waals surface area contributed by atoms with Gasteiger partial charge in [-0.2, -0.15) is 0 Å². The monoisotopic (exact) mass is 402 g/mol. The van der Waals surface area contributed by atoms with Gasteiger partial charge >= 0.3 is 0 Å². The van der Waals surface area contributed by atoms with Crippen LogP contribution in [-0.2, 0) is 11.3 Å². The first-order valence-electron chi connectivity index (χ1n) is 9.97. The minimum atomic E-state index is -0.154. The number of nitrogens with zero attached hydrogens (tertiary/aromatic N) is 1. The summed E-state index contributed by atoms with van der Waals surface area (Å²) >= 11 is 6.10. The number of benzene rings is 2. The largest absolute Gasteiger partial charge is 0.381 e. The van der Waals surface area contributed by atoms with Crippen LogP contribution >= 0.6 is 11.6 Å². The second-order valence-electron chi connectivity index (χ2n) is 6.87. The highest BCUT2D eigenvalue weighted by Gasteiger charge is 2.18. The number of aryl methyl sites for hydroxylation is 1. The van der Waals surface area contributed by atoms with E-state index in [2.05, 4.69) is 29.4 Å². The van der Waals surface area contributed by atoms with Gasteiger partial charge in [0, 0.05) is 42.1 Å². The van der Waals surface area contributed by atoms with Crippen LogP contribution in [0.15, 0.2) is 42.5 Å². The van der Waals surface area contributed by atoms with Gasteiger partial charge in [-0.25, -0.2) is 0 Å². The van der Waals surface area contributed by atoms with E-state index in [0.717, 1.165) is 43.9 Å². The molecule has 1 saturated heterocycles. The molecule has 2 aromatic rings. The number of ether oxygens (including phenoxy) is 1. The molecule has 0 bridgehead atoms. The van der Waals surface area contributed by atoms with Gasteiger partial charge in [-0.3, -0.25) is 9.69 Å². The Hall–Kier alpha value is -1.88. The second kappa shape index (κ2) is 11.2. The molecule has 0 unspecified atom stereocenters. The summed E-state index contributed by atoms with van der Waals surface area (Å²) in [6.07, 6.45) is 2.17. The second-order valence-corrected chi connectivity index (χ2v) is 7.28. The zero-order valence-electron chi connectivity index (χ0n) is 17.3. The number of rotatable bonds is 5. The molecule has 1 amide bonds. The summed E-state index contributed by atoms with van der Waals surface area (Å²) in [5.74, 6) is -0.154. The summed E-state index contributed by atoms with van der Waals surface area (Å²) in [5, 5.41) is 3.52. The van der Waals surface area contributed by atoms with Crippen molar-refractivity contribution in [1.29, 1.82) is 0 Å². The first-order chi connectivity index (χ1) is 13.5. The van der Waals surface area contributed by atoms with Gasteiger partial charge in [-0.05, 0) is 62.2 Å². The number of nitrogens with one attached hydrogen (secondary N) is 1. The quantitative estimate of drug-likeness (QED) is 0.714. The topological polar surface area (TPSA) is 41.6 Å². The smallest absolute Gasteiger partial charge is 0.255 e. The van der Waals surface area contributed by atoms with Crippen LogP contribution in [0.3, 0.4) is 0 Å². The third-order valence-electron chi connectivity index (χ3n) is 4.89. The Bertz CT molecular complexity index is 756. The highest BCUT2D eigenvalue weighted by atomic mass is 35.5. The molecule has 0 spiro atoms. The average molecular weight is 403 g/mol. The van der Waals surface area contributed by atoms with Gasteiger partial charge in [-0.1, -0.05) is 43.6 Å². The van der Waals surface area contributed by atoms with Gasteiger partial charge in [-0.15, -0.1) is 0 Å². The third kappa shape index (κ3) is 6.33. The standard InChI is InChI=1S/C21H25ClN2O2.C2H6/c1-15-3-6-17(13-20(15)22)21(25)23-18-7-4-16(5-8-18)14-24(2)19-9-11-26-12-10-19;1-2/h3-8,13,19H,9-12,14H2,1-2H3,(H,23,25);1-2H3. The summed E-state index contributed by atoms with van der Waals surface area (Å²) < 4.78 is 5.43. The van der Waals surface area contributed by atoms with Crippen molar-refractivity contribution in [1.82, 2.24) is 4.90 Å². The lowest BCUT2D eigenvalue weighted by atomic mass is 10.1. The Morgan fingerprint density at radius 3 is 2.39 bits per heavy atom. The van der Waals surface area contributed by atoms with E-state index in [1.165, 1.54) is 5.56 Å². The van der Waals surface area contributed by atoms with Crippen molar-refractivity contribution in [3.05, 3.63) is 64.2 Å². The van der Waals surface area contributed by atoms with Crippen molar-refractivity contribution < 1.29 is 9.53 Å². The number of anilines is 1. The summed E-state index contributed by atoms with van der Waals surface area (Å²) in [4.78, 5) is 14.7. The van der Waals surface area contributed by atoms with E-state index >= 15 is 0 Å². The van der Waals surface area contributed by atoms with E-state index in [-0.39, 0.29) is 5.91 Å². The van der Waals surface area contributed by atoms with Crippen LogP contribution in [0.1, 0.15) is 48.2 Å². The van der Waals surface area contributed by atoms with Crippen LogP contribution in [-0.4, -0.2) is 37.1 Å². The van der Waals surface area contributed by atoms with E-state index in [1.54, 1.807) is 12.1 Å². The number of carbonyl (C=O) groups is 1. The molecule has 1 heterocycles. The van der Waals surface area contributed by atoms with Crippen LogP contribution in [0, 0.1) is 6.92 Å². The lowest BCUT2D eigenvalue weighted by molar-refractivity contribution is 0.0407. The summed E-state index contributed by atoms with van der Waals surface area (Å²) in [7, 11) is 2.16. The van der Waals surface area contributed by atoms with Crippen LogP contribution in [0.25, 0.3) is 0 Å². The fraction of sp³-hybridized carbons (Fsp3) is 0.435. The SMILES string of the molecule is CC.Cc1ccc(C(=O)Nc2ccc(CN(C)C3CCOCC3)cc2)cc1Cl. The van der Waals surface area contributed by atoms with Crippen molar-refractivity contribution in [3.63, 3.8) is 0 Å². The number of halogens is 1. The van der Waals surface area contributed by atoms with E-state index in [0.29, 0.717) is 16.6 Å². The lowest BCUT2D eigenvalue weighted by Crippen LogP contribution is -2.36. The fourth-order valence-electron chi connectivity index (χ4n) is 3.17. The molecule has 0 radical (unpaired) electrons. The average Bonchev–Trinajstić information content (AvgIpc) is 2.73. The molecule has 1 aliphatic rings. The molecule has 5 heteroatoms. The Kier molecular flexibility index (Phi) is 8.97. The van der Waals surface area contributed by atoms with E-state index < -0.39 is 0 Å². The van der Waals surface area contributed by atoms with Gasteiger partial charge in [0.25, 0.3) is 5.91 Å². The lowest BCUT2D eigenvalue weighted by Gasteiger charge is -2.31. The van der Waals surface area contributed by atoms with Crippen LogP contribution in [0.4, 0.5) is 5.69 Å². The Morgan fingerprint density at radius 1 is 1.14 bits per heavy atom. The molecule has 0 aromatic heterocycles. The number of hydrogen-bond acceptors (Lipinski definition) is 3. The maximum Gasteiger partial charge on any atom is 0.255 e. The summed E-state index contributed by atoms with van der Waals surface area (Å²) in [6.45, 7) is 8.51. The molecule has 1 N–H and O–H groups in total. The first kappa shape index (κ1) is 22.4. The van der Waals surface area contributed by atoms with Gasteiger partial charge in [0.15, 0.2) is 0 Å². The molecular formula is C23H31ClN2O2. The van der Waals surface area contributed by atoms with Crippen molar-refractivity contribution in [2.75, 3.05) is 25.6 Å². The Morgan fingerprint density at radius 2 is 1.79 bits per heavy atom. The van der Waals surface area contributed by atoms with Crippen molar-refractivity contribution in [2.45, 2.75) is 46.2 Å². The predicted molar refractivity (Wildman–Crippen MR) is 117 cm³/mol. The maximum absolute atomic E-state index is 12.4. The summed E-state index contributed by atoms with van der Waals surface area (Å²) in [6, 6.07) is 13.9. The van der Waals surface area contributed by atoms with E-state index in [1.807, 2.05) is 39.0 Å². The molecule has 1 aliphatic heterocycles. The number of amides is 1. The minimum absolute atomic E-state index is 0.154. The highest BCUT2D eigenvalue weighted by molar-refractivity contribution is 6.31. The molecule has 0 aliphatic carbocycles. The minimum Gasteiger partial charge on any atom is -0.381 e. The molecule has 0 atom stereocenters. The van der Waals surface area contributed by atoms with Crippen LogP contribution < -0.4 is 5.32 Å². The number of hydrogen-bond donors (Lipinski definition) is 1. The van der Waals surface area contributed by atoms with Gasteiger partial charge < -0.3 is 10.1 Å². The fourth-order valence-corrected chi connectivity index (χ4v) is 3.35. The number of carbonyl (C=O) groups excluding carboxylic acids is 1. The molecule has 4 nitrogen and oxygen atoms in total. The van der Waals surface area contributed by atoms with Crippen molar-refractivity contribution in [3.8, 4) is 0 Å². The molecule has 2 aromatic carbocycles. The van der Waals surface area contributed by atoms with E-state index in [4.69, 9.17) is 16.3 Å². The predicted octanol–water partition coefficient (Wildman–Crippen LogP) is 5.54. The Labute approximate surface area is 173 Å². The molecule has 28 heavy (non-hydrogen) atoms. The Balaban J connectivity index is 0.00000136. The first-order valence-corrected chi connectivity index (χ1v) is 10.3. The van der Waals surface area contributed by atoms with E-state index in [9.17, 15) is 4.79 Å². The van der Waals surface area contributed by atoms with Crippen LogP contribution in [0.5, 0.6) is 0 Å². The zero-order chi connectivity index (χ0) is 20.5. The molecule has 152 valence electrons. The molecule has 0 saturated carbocycles. The highest BCUT2D eigenvalue weighted by Crippen LogP contribution is 2.19. The summed E-state index contributed by atoms with van der Waals surface area (Å²) in [5.41, 5.74) is 3.53. The molecular weight excluding hydrogens is 372 g/mol. The molecule has 1 fully saturated rings. The van der Waals surface area contributed by atoms with Gasteiger partial charge in [0.1, 0.15) is 0 Å². The van der Waals surface area contributed by atoms with Crippen LogP contribution in [0.2, 0.25) is 5.02 Å². The van der Waals surface area contributed by atoms with Gasteiger partial charge in [0.05, 0.1) is 0 Å². The normalized spacial score (nSPS) is 14.4. The zero-order valence-corrected chi connectivity index (χ0v) is 18.1.